The molecule has 0 aromatic heterocycles. The van der Waals surface area contributed by atoms with E-state index in [4.69, 9.17) is 10.8 Å². The molecule has 0 aromatic carbocycles. The van der Waals surface area contributed by atoms with Gasteiger partial charge in [-0.3, -0.25) is 0 Å². The second-order valence-corrected chi connectivity index (χ2v) is 3.29. The molecule has 0 saturated heterocycles. The Kier molecular flexibility index (Phi) is 7.45. The van der Waals surface area contributed by atoms with Crippen LogP contribution in [0.1, 0.15) is 26.7 Å². The highest BCUT2D eigenvalue weighted by Gasteiger charge is 2.13. The van der Waals surface area contributed by atoms with Crippen LogP contribution in [0.15, 0.2) is 0 Å². The molecule has 0 bridgehead atoms. The van der Waals surface area contributed by atoms with E-state index in [9.17, 15) is 0 Å². The van der Waals surface area contributed by atoms with Crippen molar-refractivity contribution in [3.63, 3.8) is 0 Å². The largest absolute Gasteiger partial charge is 0.395 e. The molecule has 0 spiro atoms. The molecule has 3 heteroatoms. The van der Waals surface area contributed by atoms with Crippen LogP contribution in [-0.2, 0) is 0 Å². The molecule has 0 saturated carbocycles. The Morgan fingerprint density at radius 3 is 2.58 bits per heavy atom. The molecule has 2 atom stereocenters. The molecule has 0 fully saturated rings. The van der Waals surface area contributed by atoms with Crippen LogP contribution < -0.4 is 11.1 Å². The van der Waals surface area contributed by atoms with Crippen LogP contribution in [0.3, 0.4) is 0 Å². The van der Waals surface area contributed by atoms with Gasteiger partial charge >= 0.3 is 0 Å². The molecule has 74 valence electrons. The summed E-state index contributed by atoms with van der Waals surface area (Å²) in [6.45, 7) is 5.87. The number of rotatable bonds is 7. The van der Waals surface area contributed by atoms with Crippen LogP contribution in [0.2, 0.25) is 0 Å². The summed E-state index contributed by atoms with van der Waals surface area (Å²) < 4.78 is 0. The van der Waals surface area contributed by atoms with Gasteiger partial charge in [0, 0.05) is 19.1 Å². The van der Waals surface area contributed by atoms with E-state index < -0.39 is 0 Å². The van der Waals surface area contributed by atoms with E-state index in [0.717, 1.165) is 0 Å². The van der Waals surface area contributed by atoms with E-state index in [1.54, 1.807) is 0 Å². The summed E-state index contributed by atoms with van der Waals surface area (Å²) >= 11 is 0. The summed E-state index contributed by atoms with van der Waals surface area (Å²) in [5, 5.41) is 11.8. The number of aliphatic hydroxyl groups is 1. The first-order chi connectivity index (χ1) is 5.76. The van der Waals surface area contributed by atoms with Gasteiger partial charge in [0.25, 0.3) is 0 Å². The number of hydrogen-bond acceptors (Lipinski definition) is 3. The Bertz CT molecular complexity index is 98.5. The van der Waals surface area contributed by atoms with Crippen molar-refractivity contribution >= 4 is 0 Å². The Balaban J connectivity index is 3.62. The zero-order chi connectivity index (χ0) is 9.40. The monoisotopic (exact) mass is 174 g/mol. The summed E-state index contributed by atoms with van der Waals surface area (Å²) in [6, 6.07) is 0.358. The van der Waals surface area contributed by atoms with Gasteiger partial charge in [-0.05, 0) is 12.3 Å². The van der Waals surface area contributed by atoms with Crippen LogP contribution in [0.5, 0.6) is 0 Å². The van der Waals surface area contributed by atoms with Crippen molar-refractivity contribution in [3.8, 4) is 0 Å². The zero-order valence-corrected chi connectivity index (χ0v) is 8.21. The smallest absolute Gasteiger partial charge is 0.0556 e. The van der Waals surface area contributed by atoms with E-state index in [0.29, 0.717) is 25.0 Å². The molecule has 4 N–H and O–H groups in total. The lowest BCUT2D eigenvalue weighted by Crippen LogP contribution is -2.42. The third-order valence-corrected chi connectivity index (χ3v) is 2.20. The van der Waals surface area contributed by atoms with Gasteiger partial charge in [-0.15, -0.1) is 0 Å². The molecule has 12 heavy (non-hydrogen) atoms. The van der Waals surface area contributed by atoms with Gasteiger partial charge in [-0.25, -0.2) is 0 Å². The van der Waals surface area contributed by atoms with E-state index in [-0.39, 0.29) is 6.61 Å². The van der Waals surface area contributed by atoms with Crippen molar-refractivity contribution in [1.82, 2.24) is 5.32 Å². The molecule has 0 aliphatic heterocycles. The maximum atomic E-state index is 8.62. The second-order valence-electron chi connectivity index (χ2n) is 3.29. The summed E-state index contributed by atoms with van der Waals surface area (Å²) in [5.41, 5.74) is 5.60. The fraction of sp³-hybridized carbons (Fsp3) is 1.00. The highest BCUT2D eigenvalue weighted by molar-refractivity contribution is 4.73. The lowest BCUT2D eigenvalue weighted by Gasteiger charge is -2.22. The fourth-order valence-electron chi connectivity index (χ4n) is 1.42. The summed E-state index contributed by atoms with van der Waals surface area (Å²) in [6.07, 6.45) is 2.39. The minimum absolute atomic E-state index is 0.190. The van der Waals surface area contributed by atoms with E-state index in [1.807, 2.05) is 0 Å². The van der Waals surface area contributed by atoms with Crippen molar-refractivity contribution in [2.45, 2.75) is 32.7 Å². The lowest BCUT2D eigenvalue weighted by atomic mass is 9.97. The van der Waals surface area contributed by atoms with Crippen LogP contribution in [-0.4, -0.2) is 30.8 Å². The predicted octanol–water partition coefficient (Wildman–Crippen LogP) is 0.332. The first kappa shape index (κ1) is 11.9. The Labute approximate surface area is 75.3 Å². The van der Waals surface area contributed by atoms with Gasteiger partial charge in [0.1, 0.15) is 0 Å². The zero-order valence-electron chi connectivity index (χ0n) is 8.21. The average Bonchev–Trinajstić information content (AvgIpc) is 2.06. The van der Waals surface area contributed by atoms with Crippen molar-refractivity contribution in [2.75, 3.05) is 19.7 Å². The topological polar surface area (TPSA) is 58.3 Å². The lowest BCUT2D eigenvalue weighted by molar-refractivity contribution is 0.268. The summed E-state index contributed by atoms with van der Waals surface area (Å²) in [4.78, 5) is 0. The number of hydrogen-bond donors (Lipinski definition) is 3. The minimum Gasteiger partial charge on any atom is -0.395 e. The normalized spacial score (nSPS) is 16.0. The van der Waals surface area contributed by atoms with Gasteiger partial charge < -0.3 is 16.2 Å². The van der Waals surface area contributed by atoms with E-state index in [2.05, 4.69) is 19.2 Å². The Morgan fingerprint density at radius 2 is 2.17 bits per heavy atom. The fourth-order valence-corrected chi connectivity index (χ4v) is 1.42. The van der Waals surface area contributed by atoms with Gasteiger partial charge in [-0.1, -0.05) is 20.3 Å². The Hall–Kier alpha value is -0.120. The first-order valence-corrected chi connectivity index (χ1v) is 4.80. The van der Waals surface area contributed by atoms with Gasteiger partial charge in [-0.2, -0.15) is 0 Å². The van der Waals surface area contributed by atoms with Crippen LogP contribution >= 0.6 is 0 Å². The third-order valence-electron chi connectivity index (χ3n) is 2.20. The molecule has 0 aromatic rings. The maximum Gasteiger partial charge on any atom is 0.0556 e. The average molecular weight is 174 g/mol. The molecule has 3 nitrogen and oxygen atoms in total. The SMILES string of the molecule is CCCC(C)C(CN)NCCO. The molecular formula is C9H22N2O. The van der Waals surface area contributed by atoms with Crippen molar-refractivity contribution in [3.05, 3.63) is 0 Å². The molecular weight excluding hydrogens is 152 g/mol. The number of aliphatic hydroxyl groups excluding tert-OH is 1. The summed E-state index contributed by atoms with van der Waals surface area (Å²) in [5.74, 6) is 0.603. The maximum absolute atomic E-state index is 8.62. The highest BCUT2D eigenvalue weighted by atomic mass is 16.3. The van der Waals surface area contributed by atoms with Crippen molar-refractivity contribution in [2.24, 2.45) is 11.7 Å². The highest BCUT2D eigenvalue weighted by Crippen LogP contribution is 2.09. The number of nitrogens with two attached hydrogens (primary N) is 1. The van der Waals surface area contributed by atoms with Crippen molar-refractivity contribution < 1.29 is 5.11 Å². The van der Waals surface area contributed by atoms with Crippen LogP contribution in [0, 0.1) is 5.92 Å². The standard InChI is InChI=1S/C9H22N2O/c1-3-4-8(2)9(7-10)11-5-6-12/h8-9,11-12H,3-7,10H2,1-2H3. The van der Waals surface area contributed by atoms with Gasteiger partial charge in [0.15, 0.2) is 0 Å². The molecule has 0 radical (unpaired) electrons. The number of nitrogens with one attached hydrogen (secondary N) is 1. The van der Waals surface area contributed by atoms with E-state index in [1.165, 1.54) is 12.8 Å². The van der Waals surface area contributed by atoms with Gasteiger partial charge in [0.05, 0.1) is 6.61 Å². The second kappa shape index (κ2) is 7.53. The minimum atomic E-state index is 0.190. The molecule has 0 aliphatic rings. The van der Waals surface area contributed by atoms with Crippen LogP contribution in [0.4, 0.5) is 0 Å². The molecule has 0 rings (SSSR count). The third kappa shape index (κ3) is 4.70. The van der Waals surface area contributed by atoms with E-state index >= 15 is 0 Å². The first-order valence-electron chi connectivity index (χ1n) is 4.80. The van der Waals surface area contributed by atoms with Crippen LogP contribution in [0.25, 0.3) is 0 Å². The molecule has 0 amide bonds. The summed E-state index contributed by atoms with van der Waals surface area (Å²) in [7, 11) is 0. The molecule has 0 heterocycles. The molecule has 0 aliphatic carbocycles. The predicted molar refractivity (Wildman–Crippen MR) is 52.0 cm³/mol. The Morgan fingerprint density at radius 1 is 1.50 bits per heavy atom. The van der Waals surface area contributed by atoms with Crippen molar-refractivity contribution in [1.29, 1.82) is 0 Å². The molecule has 2 unspecified atom stereocenters. The van der Waals surface area contributed by atoms with Gasteiger partial charge in [0.2, 0.25) is 0 Å². The quantitative estimate of drug-likeness (QED) is 0.521.